The zero-order valence-electron chi connectivity index (χ0n) is 16.9. The molecule has 0 amide bonds. The molecule has 0 radical (unpaired) electrons. The quantitative estimate of drug-likeness (QED) is 0.144. The summed E-state index contributed by atoms with van der Waals surface area (Å²) >= 11 is 2.24. The number of thioether (sulfide) groups is 1. The smallest absolute Gasteiger partial charge is 0.305 e. The number of carbonyl (C=O) groups is 1. The van der Waals surface area contributed by atoms with Gasteiger partial charge < -0.3 is 4.74 Å². The van der Waals surface area contributed by atoms with Gasteiger partial charge in [0.05, 0.1) is 7.11 Å². The lowest BCUT2D eigenvalue weighted by molar-refractivity contribution is -0.140. The molecule has 0 aliphatic carbocycles. The molecule has 1 heterocycles. The van der Waals surface area contributed by atoms with Gasteiger partial charge in [0.2, 0.25) is 0 Å². The number of unbranched alkanes of at least 4 members (excludes halogenated alkanes) is 12. The number of hydrogen-bond acceptors (Lipinski definition) is 3. The number of ether oxygens (including phenoxy) is 1. The lowest BCUT2D eigenvalue weighted by Crippen LogP contribution is -1.99. The van der Waals surface area contributed by atoms with E-state index in [0.717, 1.165) is 16.9 Å². The average molecular weight is 371 g/mol. The van der Waals surface area contributed by atoms with Gasteiger partial charge in [0.15, 0.2) is 0 Å². The first-order chi connectivity index (χ1) is 12.3. The van der Waals surface area contributed by atoms with Crippen molar-refractivity contribution >= 4 is 17.7 Å². The first-order valence-corrected chi connectivity index (χ1v) is 11.9. The van der Waals surface area contributed by atoms with E-state index >= 15 is 0 Å². The summed E-state index contributed by atoms with van der Waals surface area (Å²) in [6.45, 7) is 2.30. The van der Waals surface area contributed by atoms with Gasteiger partial charge >= 0.3 is 5.97 Å². The molecule has 0 aromatic rings. The first kappa shape index (κ1) is 22.9. The van der Waals surface area contributed by atoms with Crippen LogP contribution in [-0.2, 0) is 9.53 Å². The van der Waals surface area contributed by atoms with Crippen LogP contribution in [0.15, 0.2) is 0 Å². The molecular formula is C22H42O2S. The highest BCUT2D eigenvalue weighted by molar-refractivity contribution is 8.07. The predicted octanol–water partition coefficient (Wildman–Crippen LogP) is 7.30. The molecule has 0 aromatic carbocycles. The third-order valence-electron chi connectivity index (χ3n) is 5.38. The van der Waals surface area contributed by atoms with Gasteiger partial charge in [-0.1, -0.05) is 90.4 Å². The fourth-order valence-corrected chi connectivity index (χ4v) is 4.81. The van der Waals surface area contributed by atoms with Crippen LogP contribution < -0.4 is 0 Å². The molecule has 25 heavy (non-hydrogen) atoms. The van der Waals surface area contributed by atoms with Gasteiger partial charge in [-0.15, -0.1) is 0 Å². The number of esters is 1. The maximum Gasteiger partial charge on any atom is 0.305 e. The normalized spacial score (nSPS) is 19.1. The summed E-state index contributed by atoms with van der Waals surface area (Å²) in [6.07, 6.45) is 22.5. The van der Waals surface area contributed by atoms with Gasteiger partial charge in [0.25, 0.3) is 0 Å². The van der Waals surface area contributed by atoms with Crippen LogP contribution in [0.2, 0.25) is 0 Å². The molecule has 2 nitrogen and oxygen atoms in total. The second-order valence-electron chi connectivity index (χ2n) is 7.71. The summed E-state index contributed by atoms with van der Waals surface area (Å²) in [4.78, 5) is 11.0. The maximum absolute atomic E-state index is 11.0. The molecule has 1 aliphatic rings. The van der Waals surface area contributed by atoms with Crippen molar-refractivity contribution in [2.45, 2.75) is 127 Å². The third kappa shape index (κ3) is 13.7. The number of methoxy groups -OCH3 is 1. The summed E-state index contributed by atoms with van der Waals surface area (Å²) in [5.41, 5.74) is 0. The van der Waals surface area contributed by atoms with Crippen LogP contribution in [0, 0.1) is 0 Å². The van der Waals surface area contributed by atoms with Crippen LogP contribution in [0.25, 0.3) is 0 Å². The Morgan fingerprint density at radius 2 is 1.16 bits per heavy atom. The summed E-state index contributed by atoms with van der Waals surface area (Å²) in [7, 11) is 1.47. The Kier molecular flexibility index (Phi) is 14.7. The first-order valence-electron chi connectivity index (χ1n) is 11.0. The van der Waals surface area contributed by atoms with Gasteiger partial charge in [0, 0.05) is 16.9 Å². The Balaban J connectivity index is 1.68. The standard InChI is InChI=1S/C22H42O2S/c1-3-4-17-20-21(25-20)18-15-13-11-9-7-5-6-8-10-12-14-16-19-22(23)24-2/h20-21H,3-19H2,1-2H3. The lowest BCUT2D eigenvalue weighted by Gasteiger charge is -2.03. The van der Waals surface area contributed by atoms with Crippen LogP contribution in [0.1, 0.15) is 116 Å². The molecule has 0 N–H and O–H groups in total. The number of rotatable bonds is 18. The Morgan fingerprint density at radius 1 is 0.720 bits per heavy atom. The van der Waals surface area contributed by atoms with Crippen LogP contribution >= 0.6 is 11.8 Å². The number of hydrogen-bond donors (Lipinski definition) is 0. The van der Waals surface area contributed by atoms with Crippen molar-refractivity contribution < 1.29 is 9.53 Å². The largest absolute Gasteiger partial charge is 0.469 e. The van der Waals surface area contributed by atoms with Crippen molar-refractivity contribution in [2.75, 3.05) is 7.11 Å². The fraction of sp³-hybridized carbons (Fsp3) is 0.955. The van der Waals surface area contributed by atoms with Gasteiger partial charge in [-0.05, 0) is 19.3 Å². The molecule has 0 spiro atoms. The summed E-state index contributed by atoms with van der Waals surface area (Å²) in [5.74, 6) is -0.0628. The highest BCUT2D eigenvalue weighted by Crippen LogP contribution is 2.47. The molecule has 1 fully saturated rings. The van der Waals surface area contributed by atoms with E-state index in [1.807, 2.05) is 0 Å². The van der Waals surface area contributed by atoms with Crippen molar-refractivity contribution in [3.63, 3.8) is 0 Å². The molecule has 0 saturated carbocycles. The number of carbonyl (C=O) groups excluding carboxylic acids is 1. The Hall–Kier alpha value is -0.180. The van der Waals surface area contributed by atoms with E-state index in [4.69, 9.17) is 0 Å². The third-order valence-corrected chi connectivity index (χ3v) is 6.89. The summed E-state index contributed by atoms with van der Waals surface area (Å²) in [6, 6.07) is 0. The van der Waals surface area contributed by atoms with Gasteiger partial charge in [-0.2, -0.15) is 11.8 Å². The molecule has 1 saturated heterocycles. The molecule has 3 heteroatoms. The molecule has 2 unspecified atom stereocenters. The minimum Gasteiger partial charge on any atom is -0.469 e. The maximum atomic E-state index is 11.0. The molecule has 1 aliphatic heterocycles. The van der Waals surface area contributed by atoms with E-state index in [0.29, 0.717) is 6.42 Å². The highest BCUT2D eigenvalue weighted by atomic mass is 32.2. The van der Waals surface area contributed by atoms with Gasteiger partial charge in [-0.3, -0.25) is 4.79 Å². The topological polar surface area (TPSA) is 26.3 Å². The van der Waals surface area contributed by atoms with Crippen molar-refractivity contribution in [2.24, 2.45) is 0 Å². The Labute approximate surface area is 161 Å². The second kappa shape index (κ2) is 16.0. The second-order valence-corrected chi connectivity index (χ2v) is 9.20. The van der Waals surface area contributed by atoms with Crippen molar-refractivity contribution in [1.29, 1.82) is 0 Å². The van der Waals surface area contributed by atoms with E-state index in [2.05, 4.69) is 23.4 Å². The molecule has 2 atom stereocenters. The predicted molar refractivity (Wildman–Crippen MR) is 111 cm³/mol. The lowest BCUT2D eigenvalue weighted by atomic mass is 10.0. The van der Waals surface area contributed by atoms with Gasteiger partial charge in [0.1, 0.15) is 0 Å². The van der Waals surface area contributed by atoms with Gasteiger partial charge in [-0.25, -0.2) is 0 Å². The van der Waals surface area contributed by atoms with E-state index in [-0.39, 0.29) is 5.97 Å². The SMILES string of the molecule is CCCCC1SC1CCCCCCCCCCCCCCC(=O)OC. The van der Waals surface area contributed by atoms with Crippen molar-refractivity contribution in [3.8, 4) is 0 Å². The zero-order valence-corrected chi connectivity index (χ0v) is 17.7. The van der Waals surface area contributed by atoms with Crippen LogP contribution in [0.3, 0.4) is 0 Å². The Morgan fingerprint density at radius 3 is 1.64 bits per heavy atom. The van der Waals surface area contributed by atoms with Crippen LogP contribution in [-0.4, -0.2) is 23.6 Å². The molecule has 0 aromatic heterocycles. The monoisotopic (exact) mass is 370 g/mol. The minimum atomic E-state index is -0.0628. The molecular weight excluding hydrogens is 328 g/mol. The molecule has 0 bridgehead atoms. The van der Waals surface area contributed by atoms with Crippen LogP contribution in [0.4, 0.5) is 0 Å². The fourth-order valence-electron chi connectivity index (χ4n) is 3.58. The van der Waals surface area contributed by atoms with Crippen molar-refractivity contribution in [1.82, 2.24) is 0 Å². The van der Waals surface area contributed by atoms with E-state index < -0.39 is 0 Å². The summed E-state index contributed by atoms with van der Waals surface area (Å²) < 4.78 is 4.65. The zero-order chi connectivity index (χ0) is 18.2. The van der Waals surface area contributed by atoms with E-state index in [9.17, 15) is 4.79 Å². The van der Waals surface area contributed by atoms with E-state index in [1.54, 1.807) is 0 Å². The van der Waals surface area contributed by atoms with Crippen molar-refractivity contribution in [3.05, 3.63) is 0 Å². The molecule has 1 rings (SSSR count). The average Bonchev–Trinajstić information content (AvgIpc) is 3.38. The van der Waals surface area contributed by atoms with Crippen LogP contribution in [0.5, 0.6) is 0 Å². The van der Waals surface area contributed by atoms with E-state index in [1.165, 1.54) is 103 Å². The summed E-state index contributed by atoms with van der Waals surface area (Å²) in [5, 5.41) is 2.06. The Bertz CT molecular complexity index is 319. The highest BCUT2D eigenvalue weighted by Gasteiger charge is 2.36. The molecule has 148 valence electrons. The minimum absolute atomic E-state index is 0.0628.